The number of fused-ring (bicyclic) bond motifs is 3. The lowest BCUT2D eigenvalue weighted by atomic mass is 9.69. The van der Waals surface area contributed by atoms with Crippen molar-refractivity contribution in [3.8, 4) is 0 Å². The Bertz CT molecular complexity index is 1170. The number of aryl methyl sites for hydroxylation is 2. The van der Waals surface area contributed by atoms with Crippen LogP contribution < -0.4 is 5.32 Å². The van der Waals surface area contributed by atoms with Gasteiger partial charge in [-0.25, -0.2) is 15.0 Å². The Kier molecular flexibility index (Phi) is 4.20. The van der Waals surface area contributed by atoms with E-state index in [1.54, 1.807) is 0 Å². The van der Waals surface area contributed by atoms with Gasteiger partial charge in [0.15, 0.2) is 5.65 Å². The zero-order valence-electron chi connectivity index (χ0n) is 18.2. The highest BCUT2D eigenvalue weighted by molar-refractivity contribution is 5.92. The first-order valence-electron chi connectivity index (χ1n) is 11.5. The molecule has 6 rings (SSSR count). The highest BCUT2D eigenvalue weighted by Crippen LogP contribution is 2.60. The summed E-state index contributed by atoms with van der Waals surface area (Å²) >= 11 is 0. The smallest absolute Gasteiger partial charge is 0.270 e. The number of aromatic nitrogens is 4. The third-order valence-corrected chi connectivity index (χ3v) is 8.05. The number of carbonyl (C=O) groups excluding carboxylic acids is 1. The summed E-state index contributed by atoms with van der Waals surface area (Å²) in [7, 11) is 2.13. The minimum absolute atomic E-state index is 0.0304. The van der Waals surface area contributed by atoms with Crippen LogP contribution in [0.1, 0.15) is 60.5 Å². The third kappa shape index (κ3) is 3.07. The summed E-state index contributed by atoms with van der Waals surface area (Å²) in [6.07, 6.45) is 8.87. The predicted molar refractivity (Wildman–Crippen MR) is 119 cm³/mol. The van der Waals surface area contributed by atoms with Crippen LogP contribution in [0.15, 0.2) is 36.5 Å². The van der Waals surface area contributed by atoms with E-state index in [0.717, 1.165) is 35.6 Å². The molecule has 5 atom stereocenters. The molecule has 5 unspecified atom stereocenters. The van der Waals surface area contributed by atoms with Crippen LogP contribution in [0.3, 0.4) is 0 Å². The van der Waals surface area contributed by atoms with Gasteiger partial charge in [0.05, 0.1) is 0 Å². The van der Waals surface area contributed by atoms with E-state index in [1.807, 2.05) is 37.4 Å². The van der Waals surface area contributed by atoms with Crippen molar-refractivity contribution < 1.29 is 4.79 Å². The SMILES string of the molecule is Cc1cccc(C(=O)NC2CC3CC4CC(c5nc6cccnc6n5C)(C3)CC4C2)n1. The predicted octanol–water partition coefficient (Wildman–Crippen LogP) is 3.94. The molecule has 3 fully saturated rings. The lowest BCUT2D eigenvalue weighted by Gasteiger charge is -2.38. The standard InChI is InChI=1S/C25H29N5O/c1-15-5-3-6-21(27-15)23(31)28-19-10-16-9-17-13-25(12-16,14-18(17)11-19)24-29-20-7-4-8-26-22(20)30(24)2/h3-8,16-19H,9-14H2,1-2H3,(H,28,31). The minimum Gasteiger partial charge on any atom is -0.348 e. The number of amides is 1. The molecule has 3 aromatic rings. The summed E-state index contributed by atoms with van der Waals surface area (Å²) in [6.45, 7) is 1.93. The first kappa shape index (κ1) is 19.0. The molecule has 0 radical (unpaired) electrons. The van der Waals surface area contributed by atoms with Crippen LogP contribution in [-0.4, -0.2) is 31.5 Å². The molecule has 6 heteroatoms. The lowest BCUT2D eigenvalue weighted by Crippen LogP contribution is -2.40. The van der Waals surface area contributed by atoms with E-state index in [-0.39, 0.29) is 17.4 Å². The Hall–Kier alpha value is -2.76. The van der Waals surface area contributed by atoms with Gasteiger partial charge in [0.25, 0.3) is 5.91 Å². The summed E-state index contributed by atoms with van der Waals surface area (Å²) < 4.78 is 2.24. The number of nitrogens with zero attached hydrogens (tertiary/aromatic N) is 4. The van der Waals surface area contributed by atoms with E-state index in [1.165, 1.54) is 31.5 Å². The zero-order valence-corrected chi connectivity index (χ0v) is 18.2. The molecule has 160 valence electrons. The highest BCUT2D eigenvalue weighted by atomic mass is 16.1. The summed E-state index contributed by atoms with van der Waals surface area (Å²) in [5.41, 5.74) is 3.57. The second-order valence-electron chi connectivity index (χ2n) is 10.2. The number of hydrogen-bond donors (Lipinski definition) is 1. The van der Waals surface area contributed by atoms with Crippen molar-refractivity contribution in [2.24, 2.45) is 24.8 Å². The van der Waals surface area contributed by atoms with Crippen molar-refractivity contribution in [3.05, 3.63) is 53.7 Å². The van der Waals surface area contributed by atoms with E-state index >= 15 is 0 Å². The molecule has 0 aromatic carbocycles. The molecule has 1 N–H and O–H groups in total. The van der Waals surface area contributed by atoms with Gasteiger partial charge >= 0.3 is 0 Å². The Morgan fingerprint density at radius 2 is 1.90 bits per heavy atom. The van der Waals surface area contributed by atoms with Gasteiger partial charge in [-0.3, -0.25) is 4.79 Å². The Labute approximate surface area is 182 Å². The molecule has 3 heterocycles. The molecule has 0 aliphatic heterocycles. The van der Waals surface area contributed by atoms with Gasteiger partial charge < -0.3 is 9.88 Å². The summed E-state index contributed by atoms with van der Waals surface area (Å²) in [4.78, 5) is 26.9. The Morgan fingerprint density at radius 1 is 1.06 bits per heavy atom. The van der Waals surface area contributed by atoms with Crippen molar-refractivity contribution in [2.45, 2.75) is 56.9 Å². The summed E-state index contributed by atoms with van der Waals surface area (Å²) in [5.74, 6) is 3.22. The first-order valence-corrected chi connectivity index (χ1v) is 11.5. The maximum absolute atomic E-state index is 12.8. The average Bonchev–Trinajstić information content (AvgIpc) is 3.18. The molecule has 6 nitrogen and oxygen atoms in total. The number of pyridine rings is 2. The third-order valence-electron chi connectivity index (χ3n) is 8.05. The van der Waals surface area contributed by atoms with E-state index in [4.69, 9.17) is 4.98 Å². The van der Waals surface area contributed by atoms with Gasteiger partial charge in [-0.05, 0) is 87.5 Å². The minimum atomic E-state index is -0.0304. The van der Waals surface area contributed by atoms with Gasteiger partial charge in [-0.15, -0.1) is 0 Å². The number of rotatable bonds is 3. The lowest BCUT2D eigenvalue weighted by molar-refractivity contribution is 0.0915. The summed E-state index contributed by atoms with van der Waals surface area (Å²) in [5, 5.41) is 3.32. The van der Waals surface area contributed by atoms with Crippen LogP contribution in [0.25, 0.3) is 11.2 Å². The molecule has 1 amide bonds. The normalized spacial score (nSPS) is 31.7. The van der Waals surface area contributed by atoms with Crippen LogP contribution in [-0.2, 0) is 12.5 Å². The molecular weight excluding hydrogens is 386 g/mol. The molecule has 31 heavy (non-hydrogen) atoms. The molecule has 3 aliphatic carbocycles. The number of imidazole rings is 1. The van der Waals surface area contributed by atoms with Gasteiger partial charge in [-0.1, -0.05) is 6.07 Å². The van der Waals surface area contributed by atoms with Crippen molar-refractivity contribution in [3.63, 3.8) is 0 Å². The molecular formula is C25H29N5O. The fourth-order valence-electron chi connectivity index (χ4n) is 7.06. The van der Waals surface area contributed by atoms with Crippen LogP contribution >= 0.6 is 0 Å². The van der Waals surface area contributed by atoms with Crippen molar-refractivity contribution in [1.29, 1.82) is 0 Å². The van der Waals surface area contributed by atoms with E-state index < -0.39 is 0 Å². The maximum atomic E-state index is 12.8. The summed E-state index contributed by atoms with van der Waals surface area (Å²) in [6, 6.07) is 9.93. The molecule has 0 saturated heterocycles. The Morgan fingerprint density at radius 3 is 2.71 bits per heavy atom. The molecule has 3 aromatic heterocycles. The highest BCUT2D eigenvalue weighted by Gasteiger charge is 2.55. The molecule has 3 bridgehead atoms. The quantitative estimate of drug-likeness (QED) is 0.703. The molecule has 3 aliphatic rings. The second kappa shape index (κ2) is 6.87. The van der Waals surface area contributed by atoms with Crippen LogP contribution in [0.4, 0.5) is 0 Å². The number of nitrogens with one attached hydrogen (secondary N) is 1. The maximum Gasteiger partial charge on any atom is 0.270 e. The second-order valence-corrected chi connectivity index (χ2v) is 10.2. The largest absolute Gasteiger partial charge is 0.348 e. The van der Waals surface area contributed by atoms with Crippen molar-refractivity contribution in [1.82, 2.24) is 24.8 Å². The topological polar surface area (TPSA) is 72.7 Å². The van der Waals surface area contributed by atoms with Crippen molar-refractivity contribution in [2.75, 3.05) is 0 Å². The van der Waals surface area contributed by atoms with Crippen LogP contribution in [0.5, 0.6) is 0 Å². The van der Waals surface area contributed by atoms with Gasteiger partial charge in [0.2, 0.25) is 0 Å². The van der Waals surface area contributed by atoms with E-state index in [9.17, 15) is 4.79 Å². The monoisotopic (exact) mass is 415 g/mol. The van der Waals surface area contributed by atoms with Gasteiger partial charge in [-0.2, -0.15) is 0 Å². The fraction of sp³-hybridized carbons (Fsp3) is 0.520. The van der Waals surface area contributed by atoms with Crippen molar-refractivity contribution >= 4 is 17.1 Å². The molecule has 3 saturated carbocycles. The fourth-order valence-corrected chi connectivity index (χ4v) is 7.06. The van der Waals surface area contributed by atoms with Gasteiger partial charge in [0, 0.05) is 30.4 Å². The van der Waals surface area contributed by atoms with Crippen LogP contribution in [0, 0.1) is 24.7 Å². The van der Waals surface area contributed by atoms with E-state index in [2.05, 4.69) is 33.0 Å². The zero-order chi connectivity index (χ0) is 21.2. The van der Waals surface area contributed by atoms with E-state index in [0.29, 0.717) is 17.5 Å². The molecule has 0 spiro atoms. The Balaban J connectivity index is 1.25. The average molecular weight is 416 g/mol. The van der Waals surface area contributed by atoms with Gasteiger partial charge in [0.1, 0.15) is 17.0 Å². The number of carbonyl (C=O) groups is 1. The first-order chi connectivity index (χ1) is 15.0. The number of hydrogen-bond acceptors (Lipinski definition) is 4. The van der Waals surface area contributed by atoms with Crippen LogP contribution in [0.2, 0.25) is 0 Å².